The lowest BCUT2D eigenvalue weighted by Crippen LogP contribution is -2.55. The molecule has 186 valence electrons. The zero-order chi connectivity index (χ0) is 25.5. The van der Waals surface area contributed by atoms with Crippen LogP contribution in [0.25, 0.3) is 0 Å². The average Bonchev–Trinajstić information content (AvgIpc) is 2.82. The van der Waals surface area contributed by atoms with E-state index in [1.807, 2.05) is 0 Å². The fourth-order valence-electron chi connectivity index (χ4n) is 2.56. The van der Waals surface area contributed by atoms with Crippen LogP contribution in [0.1, 0.15) is 12.8 Å². The molecule has 0 aromatic carbocycles. The Hall–Kier alpha value is -4.00. The van der Waals surface area contributed by atoms with E-state index in [1.165, 1.54) is 0 Å². The molecule has 34 heavy (non-hydrogen) atoms. The van der Waals surface area contributed by atoms with Crippen molar-refractivity contribution in [2.24, 2.45) is 0 Å². The number of nitrogens with zero attached hydrogens (tertiary/aromatic N) is 3. The number of rotatable bonds is 16. The first-order valence-corrected chi connectivity index (χ1v) is 10.2. The number of carbonyl (C=O) groups excluding carboxylic acids is 3. The van der Waals surface area contributed by atoms with Gasteiger partial charge in [-0.25, -0.2) is 37.7 Å². The lowest BCUT2D eigenvalue weighted by atomic mass is 10.4. The van der Waals surface area contributed by atoms with Gasteiger partial charge in [0, 0.05) is 31.7 Å². The van der Waals surface area contributed by atoms with E-state index < -0.39 is 35.0 Å². The highest BCUT2D eigenvalue weighted by Crippen LogP contribution is 1.91. The number of esters is 3. The summed E-state index contributed by atoms with van der Waals surface area (Å²) in [6.45, 7) is 8.77. The van der Waals surface area contributed by atoms with Crippen molar-refractivity contribution in [2.45, 2.75) is 32.5 Å². The molecule has 0 fully saturated rings. The summed E-state index contributed by atoms with van der Waals surface area (Å²) in [4.78, 5) is 72.0. The SMILES string of the molecule is C=COC(=O)CCn1c(=O)n(CCOCCCOC(=O)C=C)c(=O)n(CCOC(=O)C=C)c1=O. The first-order valence-electron chi connectivity index (χ1n) is 10.2. The Kier molecular flexibility index (Phi) is 12.3. The molecule has 0 radical (unpaired) electrons. The largest absolute Gasteiger partial charge is 0.462 e. The predicted molar refractivity (Wildman–Crippen MR) is 118 cm³/mol. The predicted octanol–water partition coefficient (Wildman–Crippen LogP) is -0.886. The zero-order valence-corrected chi connectivity index (χ0v) is 18.6. The van der Waals surface area contributed by atoms with E-state index in [0.29, 0.717) is 15.6 Å². The molecule has 1 aromatic rings. The highest BCUT2D eigenvalue weighted by Gasteiger charge is 2.17. The smallest absolute Gasteiger partial charge is 0.336 e. The van der Waals surface area contributed by atoms with Gasteiger partial charge in [-0.1, -0.05) is 19.7 Å². The summed E-state index contributed by atoms with van der Waals surface area (Å²) >= 11 is 0. The van der Waals surface area contributed by atoms with Crippen LogP contribution < -0.4 is 17.1 Å². The van der Waals surface area contributed by atoms with Gasteiger partial charge in [-0.05, 0) is 0 Å². The van der Waals surface area contributed by atoms with Crippen LogP contribution in [0.4, 0.5) is 0 Å². The van der Waals surface area contributed by atoms with Crippen LogP contribution in [0.5, 0.6) is 0 Å². The highest BCUT2D eigenvalue weighted by atomic mass is 16.5. The monoisotopic (exact) mass is 481 g/mol. The molecule has 0 atom stereocenters. The molecule has 0 N–H and O–H groups in total. The molecule has 0 aliphatic heterocycles. The van der Waals surface area contributed by atoms with Crippen molar-refractivity contribution >= 4 is 17.9 Å². The molecular weight excluding hydrogens is 454 g/mol. The second kappa shape index (κ2) is 14.9. The average molecular weight is 481 g/mol. The van der Waals surface area contributed by atoms with Crippen LogP contribution in [-0.4, -0.2) is 58.0 Å². The molecule has 0 unspecified atom stereocenters. The molecule has 1 aromatic heterocycles. The van der Waals surface area contributed by atoms with E-state index in [0.717, 1.165) is 23.0 Å². The van der Waals surface area contributed by atoms with Crippen LogP contribution in [0.15, 0.2) is 52.5 Å². The fraction of sp³-hybridized carbons (Fsp3) is 0.429. The second-order valence-electron chi connectivity index (χ2n) is 6.42. The fourth-order valence-corrected chi connectivity index (χ4v) is 2.56. The number of hydrogen-bond acceptors (Lipinski definition) is 10. The lowest BCUT2D eigenvalue weighted by Gasteiger charge is -2.14. The first-order chi connectivity index (χ1) is 16.3. The summed E-state index contributed by atoms with van der Waals surface area (Å²) in [6, 6.07) is 0. The van der Waals surface area contributed by atoms with E-state index >= 15 is 0 Å². The van der Waals surface area contributed by atoms with Gasteiger partial charge < -0.3 is 18.9 Å². The molecule has 0 saturated carbocycles. The standard InChI is InChI=1S/C21H27N3O10/c1-4-16(25)33-13-7-12-31-14-10-23-19(28)22(9-8-18(27)32-6-3)20(29)24(21(23)30)11-15-34-17(26)5-2/h4-6H,1-3,7-15H2. The number of aromatic nitrogens is 3. The van der Waals surface area contributed by atoms with Crippen molar-refractivity contribution in [3.05, 3.63) is 69.6 Å². The van der Waals surface area contributed by atoms with E-state index in [9.17, 15) is 28.8 Å². The third kappa shape index (κ3) is 8.86. The van der Waals surface area contributed by atoms with E-state index in [4.69, 9.17) is 14.2 Å². The van der Waals surface area contributed by atoms with Crippen molar-refractivity contribution in [2.75, 3.05) is 26.4 Å². The molecule has 0 amide bonds. The molecule has 0 saturated heterocycles. The molecule has 0 spiro atoms. The Morgan fingerprint density at radius 1 is 0.706 bits per heavy atom. The van der Waals surface area contributed by atoms with Gasteiger partial charge in [0.05, 0.1) is 39.0 Å². The minimum atomic E-state index is -0.975. The van der Waals surface area contributed by atoms with Gasteiger partial charge in [-0.2, -0.15) is 0 Å². The quantitative estimate of drug-likeness (QED) is 0.0955. The molecule has 0 bridgehead atoms. The van der Waals surface area contributed by atoms with E-state index in [2.05, 4.69) is 24.5 Å². The first kappa shape index (κ1) is 28.0. The number of hydrogen-bond donors (Lipinski definition) is 0. The van der Waals surface area contributed by atoms with Crippen molar-refractivity contribution in [3.63, 3.8) is 0 Å². The van der Waals surface area contributed by atoms with Crippen LogP contribution in [0, 0.1) is 0 Å². The van der Waals surface area contributed by atoms with Crippen molar-refractivity contribution < 1.29 is 33.3 Å². The van der Waals surface area contributed by atoms with Gasteiger partial charge in [-0.15, -0.1) is 0 Å². The van der Waals surface area contributed by atoms with Gasteiger partial charge in [0.15, 0.2) is 0 Å². The van der Waals surface area contributed by atoms with E-state index in [1.54, 1.807) is 0 Å². The van der Waals surface area contributed by atoms with Crippen molar-refractivity contribution in [1.82, 2.24) is 13.7 Å². The Morgan fingerprint density at radius 3 is 1.74 bits per heavy atom. The minimum Gasteiger partial charge on any atom is -0.462 e. The molecular formula is C21H27N3O10. The second-order valence-corrected chi connectivity index (χ2v) is 6.42. The molecule has 0 aliphatic carbocycles. The van der Waals surface area contributed by atoms with Gasteiger partial charge in [0.1, 0.15) is 6.61 Å². The van der Waals surface area contributed by atoms with Gasteiger partial charge in [0.25, 0.3) is 0 Å². The van der Waals surface area contributed by atoms with Crippen molar-refractivity contribution in [1.29, 1.82) is 0 Å². The topological polar surface area (TPSA) is 154 Å². The minimum absolute atomic E-state index is 0.0628. The highest BCUT2D eigenvalue weighted by molar-refractivity contribution is 5.81. The number of carbonyl (C=O) groups is 3. The van der Waals surface area contributed by atoms with Gasteiger partial charge in [0.2, 0.25) is 0 Å². The Bertz CT molecular complexity index is 1080. The van der Waals surface area contributed by atoms with Crippen LogP contribution in [0.2, 0.25) is 0 Å². The van der Waals surface area contributed by atoms with Crippen molar-refractivity contribution in [3.8, 4) is 0 Å². The summed E-state index contributed by atoms with van der Waals surface area (Å²) < 4.78 is 21.7. The summed E-state index contributed by atoms with van der Waals surface area (Å²) in [7, 11) is 0. The third-order valence-electron chi connectivity index (χ3n) is 4.17. The van der Waals surface area contributed by atoms with Crippen LogP contribution in [0.3, 0.4) is 0 Å². The van der Waals surface area contributed by atoms with E-state index in [-0.39, 0.29) is 52.5 Å². The number of ether oxygens (including phenoxy) is 4. The maximum Gasteiger partial charge on any atom is 0.336 e. The maximum atomic E-state index is 12.8. The normalized spacial score (nSPS) is 10.2. The molecule has 0 aliphatic rings. The Morgan fingerprint density at radius 2 is 1.21 bits per heavy atom. The van der Waals surface area contributed by atoms with Crippen LogP contribution >= 0.6 is 0 Å². The summed E-state index contributed by atoms with van der Waals surface area (Å²) in [5, 5.41) is 0. The zero-order valence-electron chi connectivity index (χ0n) is 18.6. The maximum absolute atomic E-state index is 12.8. The summed E-state index contributed by atoms with van der Waals surface area (Å²) in [6.07, 6.45) is 2.91. The van der Waals surface area contributed by atoms with Gasteiger partial charge >= 0.3 is 35.0 Å². The Labute approximate surface area is 194 Å². The molecule has 13 nitrogen and oxygen atoms in total. The summed E-state index contributed by atoms with van der Waals surface area (Å²) in [5.41, 5.74) is -2.85. The third-order valence-corrected chi connectivity index (χ3v) is 4.17. The molecule has 13 heteroatoms. The summed E-state index contributed by atoms with van der Waals surface area (Å²) in [5.74, 6) is -2.04. The Balaban J connectivity index is 3.00. The molecule has 1 rings (SSSR count). The molecule has 1 heterocycles. The lowest BCUT2D eigenvalue weighted by molar-refractivity contribution is -0.139. The van der Waals surface area contributed by atoms with Gasteiger partial charge in [-0.3, -0.25) is 4.79 Å². The van der Waals surface area contributed by atoms with Crippen LogP contribution in [-0.2, 0) is 53.0 Å².